The van der Waals surface area contributed by atoms with Crippen LogP contribution in [0.4, 0.5) is 0 Å². The van der Waals surface area contributed by atoms with Crippen LogP contribution in [0, 0.1) is 0 Å². The lowest BCUT2D eigenvalue weighted by Gasteiger charge is -2.27. The van der Waals surface area contributed by atoms with Gasteiger partial charge in [0, 0.05) is 0 Å². The van der Waals surface area contributed by atoms with E-state index in [2.05, 4.69) is 60.0 Å². The summed E-state index contributed by atoms with van der Waals surface area (Å²) in [5.41, 5.74) is 8.39. The Labute approximate surface area is 123 Å². The molecule has 0 aliphatic heterocycles. The Morgan fingerprint density at radius 1 is 0.842 bits per heavy atom. The highest BCUT2D eigenvalue weighted by atomic mass is 16.5. The second kappa shape index (κ2) is 6.30. The Kier molecular flexibility index (Phi) is 5.49. The number of benzene rings is 1. The number of rotatable bonds is 5. The summed E-state index contributed by atoms with van der Waals surface area (Å²) in [6.07, 6.45) is 2.27. The number of ether oxygens (including phenoxy) is 1. The minimum Gasteiger partial charge on any atom is -0.371 e. The largest absolute Gasteiger partial charge is 0.371 e. The van der Waals surface area contributed by atoms with Crippen molar-refractivity contribution < 1.29 is 4.74 Å². The molecule has 0 unspecified atom stereocenters. The molecule has 0 atom stereocenters. The van der Waals surface area contributed by atoms with Gasteiger partial charge in [-0.2, -0.15) is 0 Å². The Bertz CT molecular complexity index is 442. The van der Waals surface area contributed by atoms with Gasteiger partial charge in [-0.3, -0.25) is 0 Å². The summed E-state index contributed by atoms with van der Waals surface area (Å²) in [4.78, 5) is 0. The van der Waals surface area contributed by atoms with Crippen molar-refractivity contribution in [2.24, 2.45) is 0 Å². The van der Waals surface area contributed by atoms with Gasteiger partial charge in [-0.25, -0.2) is 0 Å². The molecule has 0 radical (unpaired) electrons. The topological polar surface area (TPSA) is 9.23 Å². The summed E-state index contributed by atoms with van der Waals surface area (Å²) in [6.45, 7) is 7.32. The molecule has 1 nitrogen and oxygen atoms in total. The van der Waals surface area contributed by atoms with Crippen LogP contribution in [0.1, 0.15) is 39.2 Å². The summed E-state index contributed by atoms with van der Waals surface area (Å²) in [5.74, 6) is 0. The van der Waals surface area contributed by atoms with Gasteiger partial charge < -0.3 is 4.74 Å². The Balaban J connectivity index is 3.03. The maximum atomic E-state index is 6.17. The fourth-order valence-corrected chi connectivity index (χ4v) is 2.74. The lowest BCUT2D eigenvalue weighted by Crippen LogP contribution is -2.56. The summed E-state index contributed by atoms with van der Waals surface area (Å²) >= 11 is 0. The molecule has 1 aromatic rings. The highest BCUT2D eigenvalue weighted by Gasteiger charge is 2.19. The Morgan fingerprint density at radius 2 is 1.26 bits per heavy atom. The van der Waals surface area contributed by atoms with Gasteiger partial charge >= 0.3 is 0 Å². The molecule has 0 saturated carbocycles. The molecule has 0 aliphatic carbocycles. The Morgan fingerprint density at radius 3 is 1.68 bits per heavy atom. The molecule has 1 rings (SSSR count). The molecule has 0 N–H and O–H groups in total. The second-order valence-electron chi connectivity index (χ2n) is 6.40. The van der Waals surface area contributed by atoms with E-state index in [1.54, 1.807) is 0 Å². The lowest BCUT2D eigenvalue weighted by molar-refractivity contribution is -0.0346. The van der Waals surface area contributed by atoms with Crippen LogP contribution < -0.4 is 27.3 Å². The highest BCUT2D eigenvalue weighted by Crippen LogP contribution is 2.17. The summed E-state index contributed by atoms with van der Waals surface area (Å²) in [5, 5.41) is 0. The van der Waals surface area contributed by atoms with Crippen LogP contribution in [0.3, 0.4) is 0 Å². The molecule has 0 heterocycles. The van der Waals surface area contributed by atoms with E-state index in [0.717, 1.165) is 19.4 Å². The van der Waals surface area contributed by atoms with E-state index in [1.165, 1.54) is 32.9 Å². The maximum absolute atomic E-state index is 6.17. The van der Waals surface area contributed by atoms with Crippen LogP contribution in [0.2, 0.25) is 0 Å². The second-order valence-corrected chi connectivity index (χ2v) is 6.40. The van der Waals surface area contributed by atoms with E-state index in [4.69, 9.17) is 4.74 Å². The molecule has 98 valence electrons. The third-order valence-corrected chi connectivity index (χ3v) is 4.61. The number of hydrogen-bond donors (Lipinski definition) is 0. The minimum atomic E-state index is -0.0275. The normalized spacial score (nSPS) is 11.7. The number of hydrogen-bond acceptors (Lipinski definition) is 1. The van der Waals surface area contributed by atoms with Gasteiger partial charge in [0.15, 0.2) is 0 Å². The summed E-state index contributed by atoms with van der Waals surface area (Å²) < 4.78 is 6.17. The predicted molar refractivity (Wildman–Crippen MR) is 101 cm³/mol. The fraction of sp³-hybridized carbons (Fsp3) is 0.538. The third-order valence-electron chi connectivity index (χ3n) is 4.61. The highest BCUT2D eigenvalue weighted by molar-refractivity contribution is 6.67. The van der Waals surface area contributed by atoms with Gasteiger partial charge in [-0.15, -0.1) is 16.4 Å². The van der Waals surface area contributed by atoms with Crippen LogP contribution in [0.25, 0.3) is 0 Å². The van der Waals surface area contributed by atoms with Crippen molar-refractivity contribution in [1.82, 2.24) is 0 Å². The van der Waals surface area contributed by atoms with Crippen molar-refractivity contribution in [2.75, 3.05) is 0 Å². The molecule has 6 heteroatoms. The first-order chi connectivity index (χ1) is 8.71. The van der Waals surface area contributed by atoms with Gasteiger partial charge in [0.2, 0.25) is 0 Å². The molecule has 0 spiro atoms. The van der Waals surface area contributed by atoms with Gasteiger partial charge in [-0.1, -0.05) is 24.3 Å². The average Bonchev–Trinajstić information content (AvgIpc) is 2.34. The van der Waals surface area contributed by atoms with Gasteiger partial charge in [0.1, 0.15) is 39.2 Å². The lowest BCUT2D eigenvalue weighted by atomic mass is 9.60. The van der Waals surface area contributed by atoms with E-state index < -0.39 is 0 Å². The smallest absolute Gasteiger partial charge is 0.138 e. The average molecular weight is 251 g/mol. The van der Waals surface area contributed by atoms with Crippen molar-refractivity contribution in [3.05, 3.63) is 5.56 Å². The predicted octanol–water partition coefficient (Wildman–Crippen LogP) is -4.93. The molecule has 0 bridgehead atoms. The van der Waals surface area contributed by atoms with Crippen LogP contribution >= 0.6 is 0 Å². The van der Waals surface area contributed by atoms with Crippen molar-refractivity contribution in [2.45, 2.75) is 45.8 Å². The minimum absolute atomic E-state index is 0.0275. The first-order valence-electron chi connectivity index (χ1n) is 7.41. The zero-order valence-corrected chi connectivity index (χ0v) is 14.0. The van der Waals surface area contributed by atoms with E-state index >= 15 is 0 Å². The van der Waals surface area contributed by atoms with Crippen molar-refractivity contribution in [1.29, 1.82) is 0 Å². The molecule has 0 aromatic heterocycles. The van der Waals surface area contributed by atoms with Crippen LogP contribution in [-0.2, 0) is 11.3 Å². The van der Waals surface area contributed by atoms with Gasteiger partial charge in [0.05, 0.1) is 12.2 Å². The molecule has 0 amide bonds. The van der Waals surface area contributed by atoms with E-state index in [0.29, 0.717) is 0 Å². The molecule has 0 fully saturated rings. The standard InChI is InChI=1S/C13H25B5O/c1-4-5-13(2,3)19-6-7-8(14)10(16)12(18)11(17)9(7)15/h4-6,14-18H2,1-3H3. The van der Waals surface area contributed by atoms with Crippen LogP contribution in [-0.4, -0.2) is 44.8 Å². The molecule has 1 aromatic carbocycles. The van der Waals surface area contributed by atoms with E-state index in [-0.39, 0.29) is 5.60 Å². The van der Waals surface area contributed by atoms with Crippen LogP contribution in [0.15, 0.2) is 0 Å². The fourth-order valence-electron chi connectivity index (χ4n) is 2.74. The van der Waals surface area contributed by atoms with Gasteiger partial charge in [-0.05, 0) is 25.8 Å². The zero-order chi connectivity index (χ0) is 14.8. The van der Waals surface area contributed by atoms with Crippen LogP contribution in [0.5, 0.6) is 0 Å². The summed E-state index contributed by atoms with van der Waals surface area (Å²) in [6, 6.07) is 0. The monoisotopic (exact) mass is 252 g/mol. The van der Waals surface area contributed by atoms with E-state index in [9.17, 15) is 0 Å². The Hall–Kier alpha value is -0.495. The van der Waals surface area contributed by atoms with Crippen molar-refractivity contribution in [3.8, 4) is 0 Å². The van der Waals surface area contributed by atoms with Gasteiger partial charge in [0.25, 0.3) is 0 Å². The van der Waals surface area contributed by atoms with Crippen molar-refractivity contribution >= 4 is 66.5 Å². The van der Waals surface area contributed by atoms with Crippen molar-refractivity contribution in [3.63, 3.8) is 0 Å². The van der Waals surface area contributed by atoms with E-state index in [1.807, 2.05) is 0 Å². The first kappa shape index (κ1) is 16.6. The molecule has 0 saturated heterocycles. The molecular weight excluding hydrogens is 226 g/mol. The molecule has 19 heavy (non-hydrogen) atoms. The summed E-state index contributed by atoms with van der Waals surface area (Å²) in [7, 11) is 11.1. The first-order valence-corrected chi connectivity index (χ1v) is 7.41. The molecular formula is C13H25B5O. The maximum Gasteiger partial charge on any atom is 0.138 e. The zero-order valence-electron chi connectivity index (χ0n) is 14.0. The third kappa shape index (κ3) is 3.75. The SMILES string of the molecule is Bc1c(B)c(B)c(COC(C)(C)CCC)c(B)c1B. The molecule has 0 aliphatic rings. The quantitative estimate of drug-likeness (QED) is 0.477.